The molecule has 1 aromatic carbocycles. The van der Waals surface area contributed by atoms with Gasteiger partial charge in [0, 0.05) is 24.1 Å². The predicted octanol–water partition coefficient (Wildman–Crippen LogP) is 1.79. The molecule has 0 aliphatic rings. The van der Waals surface area contributed by atoms with Gasteiger partial charge in [-0.05, 0) is 12.1 Å². The molecular weight excluding hydrogens is 382 g/mol. The molecule has 1 amide bonds. The summed E-state index contributed by atoms with van der Waals surface area (Å²) in [5, 5.41) is 2.64. The van der Waals surface area contributed by atoms with E-state index in [2.05, 4.69) is 20.3 Å². The molecule has 0 aliphatic heterocycles. The van der Waals surface area contributed by atoms with Gasteiger partial charge >= 0.3 is 0 Å². The highest BCUT2D eigenvalue weighted by molar-refractivity contribution is 7.90. The number of carbonyl (C=O) groups is 1. The van der Waals surface area contributed by atoms with Crippen molar-refractivity contribution in [3.05, 3.63) is 54.6 Å². The summed E-state index contributed by atoms with van der Waals surface area (Å²) in [6.07, 6.45) is 5.50. The highest BCUT2D eigenvalue weighted by atomic mass is 32.2. The lowest BCUT2D eigenvalue weighted by Gasteiger charge is -2.10. The molecular formula is C18H17N5O4S. The molecule has 0 atom stereocenters. The number of carbonyl (C=O) groups excluding carboxylic acids is 1. The summed E-state index contributed by atoms with van der Waals surface area (Å²) < 4.78 is 28.3. The topological polar surface area (TPSA) is 137 Å². The average molecular weight is 399 g/mol. The van der Waals surface area contributed by atoms with Gasteiger partial charge in [0.25, 0.3) is 5.91 Å². The third-order valence-electron chi connectivity index (χ3n) is 3.84. The Morgan fingerprint density at radius 1 is 1.14 bits per heavy atom. The van der Waals surface area contributed by atoms with Crippen molar-refractivity contribution in [2.45, 2.75) is 4.90 Å². The highest BCUT2D eigenvalue weighted by Crippen LogP contribution is 2.24. The number of pyridine rings is 1. The smallest absolute Gasteiger partial charge is 0.278 e. The maximum atomic E-state index is 12.6. The lowest BCUT2D eigenvalue weighted by atomic mass is 10.1. The zero-order valence-corrected chi connectivity index (χ0v) is 15.9. The van der Waals surface area contributed by atoms with E-state index in [4.69, 9.17) is 10.5 Å². The van der Waals surface area contributed by atoms with Gasteiger partial charge in [0.15, 0.2) is 21.3 Å². The number of anilines is 2. The second-order valence-electron chi connectivity index (χ2n) is 5.82. The number of rotatable bonds is 5. The van der Waals surface area contributed by atoms with Crippen molar-refractivity contribution in [3.8, 4) is 17.0 Å². The molecule has 9 nitrogen and oxygen atoms in total. The second kappa shape index (κ2) is 7.61. The first kappa shape index (κ1) is 19.2. The summed E-state index contributed by atoms with van der Waals surface area (Å²) in [5.41, 5.74) is 7.06. The van der Waals surface area contributed by atoms with Crippen LogP contribution in [0.25, 0.3) is 11.3 Å². The standard InChI is InChI=1S/C18H17N5O4S/c1-27-15-7-8-20-9-14(15)23-18(24)16-17(19)21-10-13(22-16)11-3-5-12(6-4-11)28(2,25)26/h3-10H,1-2H3,(H2,19,21)(H,23,24). The molecule has 2 heterocycles. The molecule has 10 heteroatoms. The quantitative estimate of drug-likeness (QED) is 0.662. The van der Waals surface area contributed by atoms with Crippen LogP contribution in [0.3, 0.4) is 0 Å². The van der Waals surface area contributed by atoms with Gasteiger partial charge in [-0.15, -0.1) is 0 Å². The van der Waals surface area contributed by atoms with Crippen LogP contribution < -0.4 is 15.8 Å². The van der Waals surface area contributed by atoms with Crippen LogP contribution in [0.2, 0.25) is 0 Å². The minimum absolute atomic E-state index is 0.0446. The molecule has 144 valence electrons. The molecule has 0 saturated carbocycles. The van der Waals surface area contributed by atoms with Crippen molar-refractivity contribution in [2.75, 3.05) is 24.4 Å². The van der Waals surface area contributed by atoms with Crippen LogP contribution in [-0.4, -0.2) is 42.6 Å². The number of ether oxygens (including phenoxy) is 1. The molecule has 28 heavy (non-hydrogen) atoms. The molecule has 0 spiro atoms. The zero-order valence-electron chi connectivity index (χ0n) is 15.1. The Kier molecular flexibility index (Phi) is 5.23. The molecule has 2 aromatic heterocycles. The molecule has 0 saturated heterocycles. The zero-order chi connectivity index (χ0) is 20.3. The van der Waals surface area contributed by atoms with Crippen LogP contribution in [0.1, 0.15) is 10.5 Å². The van der Waals surface area contributed by atoms with E-state index in [0.29, 0.717) is 22.7 Å². The van der Waals surface area contributed by atoms with E-state index >= 15 is 0 Å². The molecule has 3 N–H and O–H groups in total. The summed E-state index contributed by atoms with van der Waals surface area (Å²) in [7, 11) is -1.84. The van der Waals surface area contributed by atoms with E-state index in [1.165, 1.54) is 37.8 Å². The van der Waals surface area contributed by atoms with E-state index in [9.17, 15) is 13.2 Å². The molecule has 0 radical (unpaired) electrons. The fraction of sp³-hybridized carbons (Fsp3) is 0.111. The third kappa shape index (κ3) is 4.07. The fourth-order valence-electron chi connectivity index (χ4n) is 2.41. The number of sulfone groups is 1. The Morgan fingerprint density at radius 2 is 1.86 bits per heavy atom. The van der Waals surface area contributed by atoms with E-state index < -0.39 is 15.7 Å². The Hall–Kier alpha value is -3.53. The van der Waals surface area contributed by atoms with Crippen LogP contribution in [0.15, 0.2) is 53.8 Å². The summed E-state index contributed by atoms with van der Waals surface area (Å²) in [6.45, 7) is 0. The maximum absolute atomic E-state index is 12.6. The summed E-state index contributed by atoms with van der Waals surface area (Å²) in [5.74, 6) is -0.190. The fourth-order valence-corrected chi connectivity index (χ4v) is 3.04. The molecule has 0 aliphatic carbocycles. The number of methoxy groups -OCH3 is 1. The first-order valence-corrected chi connectivity index (χ1v) is 9.91. The van der Waals surface area contributed by atoms with Crippen LogP contribution >= 0.6 is 0 Å². The Balaban J connectivity index is 1.92. The Labute approximate surface area is 161 Å². The van der Waals surface area contributed by atoms with Gasteiger partial charge in [0.05, 0.1) is 30.1 Å². The molecule has 0 fully saturated rings. The number of benzene rings is 1. The van der Waals surface area contributed by atoms with Crippen molar-refractivity contribution in [2.24, 2.45) is 0 Å². The number of aromatic nitrogens is 3. The molecule has 3 rings (SSSR count). The van der Waals surface area contributed by atoms with Gasteiger partial charge in [-0.1, -0.05) is 12.1 Å². The summed E-state index contributed by atoms with van der Waals surface area (Å²) in [6, 6.07) is 7.70. The second-order valence-corrected chi connectivity index (χ2v) is 7.83. The van der Waals surface area contributed by atoms with Crippen molar-refractivity contribution in [1.82, 2.24) is 15.0 Å². The SMILES string of the molecule is COc1ccncc1NC(=O)c1nc(-c2ccc(S(C)(=O)=O)cc2)cnc1N. The minimum Gasteiger partial charge on any atom is -0.494 e. The monoisotopic (exact) mass is 399 g/mol. The van der Waals surface area contributed by atoms with Gasteiger partial charge in [0.1, 0.15) is 11.4 Å². The van der Waals surface area contributed by atoms with E-state index in [-0.39, 0.29) is 16.4 Å². The van der Waals surface area contributed by atoms with Crippen LogP contribution in [0.5, 0.6) is 5.75 Å². The van der Waals surface area contributed by atoms with E-state index in [1.54, 1.807) is 18.2 Å². The third-order valence-corrected chi connectivity index (χ3v) is 4.97. The Bertz CT molecular complexity index is 1130. The van der Waals surface area contributed by atoms with Gasteiger partial charge in [-0.25, -0.2) is 18.4 Å². The van der Waals surface area contributed by atoms with Crippen molar-refractivity contribution in [3.63, 3.8) is 0 Å². The van der Waals surface area contributed by atoms with E-state index in [1.807, 2.05) is 0 Å². The lowest BCUT2D eigenvalue weighted by Crippen LogP contribution is -2.17. The molecule has 0 bridgehead atoms. The number of nitrogen functional groups attached to an aromatic ring is 1. The number of hydrogen-bond acceptors (Lipinski definition) is 8. The van der Waals surface area contributed by atoms with Crippen LogP contribution in [0.4, 0.5) is 11.5 Å². The van der Waals surface area contributed by atoms with Crippen molar-refractivity contribution < 1.29 is 17.9 Å². The van der Waals surface area contributed by atoms with Crippen LogP contribution in [-0.2, 0) is 9.84 Å². The van der Waals surface area contributed by atoms with Gasteiger partial charge in [0.2, 0.25) is 0 Å². The predicted molar refractivity (Wildman–Crippen MR) is 104 cm³/mol. The van der Waals surface area contributed by atoms with Crippen molar-refractivity contribution in [1.29, 1.82) is 0 Å². The summed E-state index contributed by atoms with van der Waals surface area (Å²) >= 11 is 0. The molecule has 0 unspecified atom stereocenters. The van der Waals surface area contributed by atoms with Gasteiger partial charge in [-0.3, -0.25) is 9.78 Å². The first-order chi connectivity index (χ1) is 13.3. The maximum Gasteiger partial charge on any atom is 0.278 e. The number of nitrogens with two attached hydrogens (primary N) is 1. The van der Waals surface area contributed by atoms with Gasteiger partial charge in [-0.2, -0.15) is 0 Å². The van der Waals surface area contributed by atoms with Crippen molar-refractivity contribution >= 4 is 27.2 Å². The number of hydrogen-bond donors (Lipinski definition) is 2. The Morgan fingerprint density at radius 3 is 2.50 bits per heavy atom. The number of amides is 1. The lowest BCUT2D eigenvalue weighted by molar-refractivity contribution is 0.102. The molecule has 3 aromatic rings. The highest BCUT2D eigenvalue weighted by Gasteiger charge is 2.17. The largest absolute Gasteiger partial charge is 0.494 e. The number of nitrogens with one attached hydrogen (secondary N) is 1. The van der Waals surface area contributed by atoms with Crippen LogP contribution in [0, 0.1) is 0 Å². The minimum atomic E-state index is -3.31. The number of nitrogens with zero attached hydrogens (tertiary/aromatic N) is 3. The summed E-state index contributed by atoms with van der Waals surface area (Å²) in [4.78, 5) is 25.0. The first-order valence-electron chi connectivity index (χ1n) is 8.02. The normalized spacial score (nSPS) is 11.1. The van der Waals surface area contributed by atoms with Gasteiger partial charge < -0.3 is 15.8 Å². The van der Waals surface area contributed by atoms with E-state index in [0.717, 1.165) is 6.26 Å². The average Bonchev–Trinajstić information content (AvgIpc) is 2.68.